The van der Waals surface area contributed by atoms with Gasteiger partial charge in [0.05, 0.1) is 18.0 Å². The zero-order valence-electron chi connectivity index (χ0n) is 14.9. The summed E-state index contributed by atoms with van der Waals surface area (Å²) in [5.74, 6) is -1.41. The second-order valence-electron chi connectivity index (χ2n) is 5.95. The number of nitro groups is 1. The minimum atomic E-state index is -0.939. The molecule has 0 aliphatic carbocycles. The first-order valence-corrected chi connectivity index (χ1v) is 8.59. The zero-order chi connectivity index (χ0) is 19.8. The van der Waals surface area contributed by atoms with E-state index in [1.54, 1.807) is 6.07 Å². The van der Waals surface area contributed by atoms with Gasteiger partial charge in [0.1, 0.15) is 6.04 Å². The van der Waals surface area contributed by atoms with E-state index in [1.807, 2.05) is 6.92 Å². The van der Waals surface area contributed by atoms with E-state index < -0.39 is 28.7 Å². The monoisotopic (exact) mass is 375 g/mol. The molecule has 0 saturated carbocycles. The number of rotatable bonds is 7. The number of carbonyl (C=O) groups excluding carboxylic acids is 3. The van der Waals surface area contributed by atoms with Gasteiger partial charge in [0.25, 0.3) is 5.69 Å². The molecule has 1 aliphatic rings. The normalized spacial score (nSPS) is 16.9. The average molecular weight is 375 g/mol. The van der Waals surface area contributed by atoms with Gasteiger partial charge < -0.3 is 15.0 Å². The van der Waals surface area contributed by atoms with E-state index in [-0.39, 0.29) is 31.8 Å². The minimum Gasteiger partial charge on any atom is -0.466 e. The first kappa shape index (κ1) is 20.1. The van der Waals surface area contributed by atoms with Gasteiger partial charge in [0.15, 0.2) is 0 Å². The van der Waals surface area contributed by atoms with Crippen LogP contribution < -0.4 is 5.32 Å². The molecule has 1 atom stereocenters. The Hall–Kier alpha value is -3.23. The van der Waals surface area contributed by atoms with Crippen molar-refractivity contribution in [3.05, 3.63) is 46.0 Å². The summed E-state index contributed by atoms with van der Waals surface area (Å²) in [6.07, 6.45) is 3.12. The summed E-state index contributed by atoms with van der Waals surface area (Å²) < 4.78 is 5.00. The van der Waals surface area contributed by atoms with E-state index in [1.165, 1.54) is 35.3 Å². The lowest BCUT2D eigenvalue weighted by Gasteiger charge is -2.33. The fourth-order valence-corrected chi connectivity index (χ4v) is 2.62. The van der Waals surface area contributed by atoms with Crippen LogP contribution in [0.15, 0.2) is 30.3 Å². The summed E-state index contributed by atoms with van der Waals surface area (Å²) in [7, 11) is 0. The van der Waals surface area contributed by atoms with Gasteiger partial charge in [-0.25, -0.2) is 0 Å². The van der Waals surface area contributed by atoms with Crippen LogP contribution in [0.3, 0.4) is 0 Å². The molecule has 0 bridgehead atoms. The van der Waals surface area contributed by atoms with Crippen molar-refractivity contribution in [3.63, 3.8) is 0 Å². The maximum atomic E-state index is 12.5. The summed E-state index contributed by atoms with van der Waals surface area (Å²) in [6, 6.07) is 4.89. The van der Waals surface area contributed by atoms with Crippen molar-refractivity contribution < 1.29 is 24.0 Å². The highest BCUT2D eigenvalue weighted by Crippen LogP contribution is 2.15. The largest absolute Gasteiger partial charge is 0.466 e. The molecular formula is C18H21N3O6. The maximum Gasteiger partial charge on any atom is 0.308 e. The Morgan fingerprint density at radius 3 is 2.93 bits per heavy atom. The van der Waals surface area contributed by atoms with Crippen molar-refractivity contribution in [2.24, 2.45) is 0 Å². The average Bonchev–Trinajstić information content (AvgIpc) is 2.66. The molecular weight excluding hydrogens is 354 g/mol. The van der Waals surface area contributed by atoms with Gasteiger partial charge in [-0.2, -0.15) is 0 Å². The second kappa shape index (κ2) is 9.46. The van der Waals surface area contributed by atoms with E-state index in [0.29, 0.717) is 12.0 Å². The van der Waals surface area contributed by atoms with Gasteiger partial charge >= 0.3 is 5.97 Å². The van der Waals surface area contributed by atoms with E-state index in [0.717, 1.165) is 0 Å². The molecule has 27 heavy (non-hydrogen) atoms. The quantitative estimate of drug-likeness (QED) is 0.332. The number of carbonyl (C=O) groups is 3. The lowest BCUT2D eigenvalue weighted by Crippen LogP contribution is -2.57. The number of hydrogen-bond acceptors (Lipinski definition) is 6. The molecule has 1 unspecified atom stereocenters. The minimum absolute atomic E-state index is 0.0847. The number of amides is 2. The van der Waals surface area contributed by atoms with E-state index in [4.69, 9.17) is 4.74 Å². The Kier molecular flexibility index (Phi) is 7.04. The van der Waals surface area contributed by atoms with Crippen molar-refractivity contribution in [2.75, 3.05) is 19.7 Å². The molecule has 1 aromatic carbocycles. The van der Waals surface area contributed by atoms with Crippen LogP contribution >= 0.6 is 0 Å². The van der Waals surface area contributed by atoms with Crippen LogP contribution in [0.25, 0.3) is 6.08 Å². The molecule has 1 N–H and O–H groups in total. The van der Waals surface area contributed by atoms with Crippen molar-refractivity contribution in [1.29, 1.82) is 0 Å². The number of nitro benzene ring substituents is 1. The number of non-ortho nitro benzene ring substituents is 1. The number of hydrogen-bond donors (Lipinski definition) is 1. The fraction of sp³-hybridized carbons (Fsp3) is 0.389. The molecule has 2 amide bonds. The SMILES string of the molecule is CCCOC(=O)CC1C(=O)NCCN1C(=O)/C=C/c1cccc([N+](=O)[O-])c1. The molecule has 1 heterocycles. The first-order chi connectivity index (χ1) is 12.9. The van der Waals surface area contributed by atoms with Crippen molar-refractivity contribution in [2.45, 2.75) is 25.8 Å². The Morgan fingerprint density at radius 2 is 2.22 bits per heavy atom. The predicted octanol–water partition coefficient (Wildman–Crippen LogP) is 1.28. The highest BCUT2D eigenvalue weighted by molar-refractivity contribution is 5.97. The van der Waals surface area contributed by atoms with Gasteiger partial charge in [-0.05, 0) is 18.1 Å². The summed E-state index contributed by atoms with van der Waals surface area (Å²) in [4.78, 5) is 48.1. The van der Waals surface area contributed by atoms with Crippen LogP contribution in [-0.4, -0.2) is 53.3 Å². The van der Waals surface area contributed by atoms with Crippen LogP contribution in [0.5, 0.6) is 0 Å². The molecule has 144 valence electrons. The lowest BCUT2D eigenvalue weighted by atomic mass is 10.1. The molecule has 1 aliphatic heterocycles. The van der Waals surface area contributed by atoms with Gasteiger partial charge in [0, 0.05) is 31.3 Å². The highest BCUT2D eigenvalue weighted by atomic mass is 16.6. The van der Waals surface area contributed by atoms with Crippen molar-refractivity contribution >= 4 is 29.5 Å². The van der Waals surface area contributed by atoms with Crippen molar-refractivity contribution in [3.8, 4) is 0 Å². The number of nitrogens with zero attached hydrogens (tertiary/aromatic N) is 2. The molecule has 1 saturated heterocycles. The topological polar surface area (TPSA) is 119 Å². The zero-order valence-corrected chi connectivity index (χ0v) is 14.9. The number of nitrogens with one attached hydrogen (secondary N) is 1. The highest BCUT2D eigenvalue weighted by Gasteiger charge is 2.34. The second-order valence-corrected chi connectivity index (χ2v) is 5.95. The van der Waals surface area contributed by atoms with E-state index in [2.05, 4.69) is 5.32 Å². The summed E-state index contributed by atoms with van der Waals surface area (Å²) in [5.41, 5.74) is 0.399. The molecule has 0 radical (unpaired) electrons. The van der Waals surface area contributed by atoms with Crippen LogP contribution in [0.1, 0.15) is 25.3 Å². The third kappa shape index (κ3) is 5.63. The smallest absolute Gasteiger partial charge is 0.308 e. The third-order valence-electron chi connectivity index (χ3n) is 3.94. The molecule has 2 rings (SSSR count). The van der Waals surface area contributed by atoms with Crippen LogP contribution in [0, 0.1) is 10.1 Å². The Bertz CT molecular complexity index is 761. The molecule has 9 heteroatoms. The van der Waals surface area contributed by atoms with Crippen LogP contribution in [-0.2, 0) is 19.1 Å². The van der Waals surface area contributed by atoms with Gasteiger partial charge in [0.2, 0.25) is 11.8 Å². The molecule has 0 spiro atoms. The Balaban J connectivity index is 2.09. The van der Waals surface area contributed by atoms with Gasteiger partial charge in [-0.3, -0.25) is 24.5 Å². The van der Waals surface area contributed by atoms with E-state index in [9.17, 15) is 24.5 Å². The Morgan fingerprint density at radius 1 is 1.44 bits per heavy atom. The summed E-state index contributed by atoms with van der Waals surface area (Å²) >= 11 is 0. The standard InChI is InChI=1S/C18H21N3O6/c1-2-10-27-17(23)12-15-18(24)19-8-9-20(15)16(22)7-6-13-4-3-5-14(11-13)21(25)26/h3-7,11,15H,2,8-10,12H2,1H3,(H,19,24)/b7-6+. The molecule has 1 fully saturated rings. The van der Waals surface area contributed by atoms with E-state index >= 15 is 0 Å². The summed E-state index contributed by atoms with van der Waals surface area (Å²) in [5, 5.41) is 13.4. The summed E-state index contributed by atoms with van der Waals surface area (Å²) in [6.45, 7) is 2.66. The third-order valence-corrected chi connectivity index (χ3v) is 3.94. The molecule has 1 aromatic rings. The number of benzene rings is 1. The first-order valence-electron chi connectivity index (χ1n) is 8.59. The van der Waals surface area contributed by atoms with Crippen LogP contribution in [0.2, 0.25) is 0 Å². The molecule has 9 nitrogen and oxygen atoms in total. The molecule has 0 aromatic heterocycles. The van der Waals surface area contributed by atoms with Crippen molar-refractivity contribution in [1.82, 2.24) is 10.2 Å². The number of ether oxygens (including phenoxy) is 1. The maximum absolute atomic E-state index is 12.5. The lowest BCUT2D eigenvalue weighted by molar-refractivity contribution is -0.384. The number of esters is 1. The van der Waals surface area contributed by atoms with Gasteiger partial charge in [-0.1, -0.05) is 19.1 Å². The predicted molar refractivity (Wildman–Crippen MR) is 96.5 cm³/mol. The fourth-order valence-electron chi connectivity index (χ4n) is 2.62. The number of piperazine rings is 1. The Labute approximate surface area is 156 Å². The van der Waals surface area contributed by atoms with Gasteiger partial charge in [-0.15, -0.1) is 0 Å². The van der Waals surface area contributed by atoms with Crippen LogP contribution in [0.4, 0.5) is 5.69 Å².